The number of rotatable bonds is 6. The normalized spacial score (nSPS) is 17.4. The number of nitrogens with one attached hydrogen (secondary N) is 2. The second-order valence-corrected chi connectivity index (χ2v) is 7.29. The number of guanidine groups is 1. The molecule has 0 aromatic carbocycles. The predicted molar refractivity (Wildman–Crippen MR) is 111 cm³/mol. The lowest BCUT2D eigenvalue weighted by Crippen LogP contribution is -2.45. The summed E-state index contributed by atoms with van der Waals surface area (Å²) in [6.45, 7) is 7.66. The van der Waals surface area contributed by atoms with E-state index in [2.05, 4.69) is 48.3 Å². The topological polar surface area (TPSA) is 70.4 Å². The molecule has 1 atom stereocenters. The van der Waals surface area contributed by atoms with Crippen molar-refractivity contribution in [3.63, 3.8) is 0 Å². The van der Waals surface area contributed by atoms with E-state index >= 15 is 0 Å². The van der Waals surface area contributed by atoms with Gasteiger partial charge in [0.15, 0.2) is 5.96 Å². The summed E-state index contributed by atoms with van der Waals surface area (Å²) in [4.78, 5) is 11.0. The number of aryl methyl sites for hydroxylation is 3. The molecule has 1 aliphatic heterocycles. The minimum Gasteiger partial charge on any atom is -0.356 e. The average Bonchev–Trinajstić information content (AvgIpc) is 3.24. The molecule has 2 N–H and O–H groups in total. The minimum atomic E-state index is 0.324. The number of pyridine rings is 1. The molecule has 3 rings (SSSR count). The Balaban J connectivity index is 1.43. The molecule has 0 bridgehead atoms. The maximum Gasteiger partial charge on any atom is 0.191 e. The fourth-order valence-electron chi connectivity index (χ4n) is 3.41. The van der Waals surface area contributed by atoms with Gasteiger partial charge in [0, 0.05) is 51.2 Å². The van der Waals surface area contributed by atoms with E-state index in [1.165, 1.54) is 5.69 Å². The van der Waals surface area contributed by atoms with Gasteiger partial charge in [-0.2, -0.15) is 5.10 Å². The van der Waals surface area contributed by atoms with Crippen molar-refractivity contribution in [1.29, 1.82) is 0 Å². The summed E-state index contributed by atoms with van der Waals surface area (Å²) in [6, 6.07) is 6.17. The third-order valence-electron chi connectivity index (χ3n) is 4.73. The van der Waals surface area contributed by atoms with Gasteiger partial charge in [-0.15, -0.1) is 0 Å². The van der Waals surface area contributed by atoms with Gasteiger partial charge in [0.05, 0.1) is 10.7 Å². The van der Waals surface area contributed by atoms with Gasteiger partial charge in [-0.05, 0) is 44.9 Å². The van der Waals surface area contributed by atoms with Crippen molar-refractivity contribution >= 4 is 23.4 Å². The summed E-state index contributed by atoms with van der Waals surface area (Å²) in [6.07, 6.45) is 3.80. The van der Waals surface area contributed by atoms with Crippen LogP contribution in [0.4, 0.5) is 5.82 Å². The van der Waals surface area contributed by atoms with Crippen molar-refractivity contribution in [1.82, 2.24) is 25.4 Å². The number of nitrogens with zero attached hydrogens (tertiary/aromatic N) is 5. The lowest BCUT2D eigenvalue weighted by Gasteiger charge is -2.20. The Morgan fingerprint density at radius 3 is 2.96 bits per heavy atom. The van der Waals surface area contributed by atoms with E-state index in [4.69, 9.17) is 11.6 Å². The van der Waals surface area contributed by atoms with Crippen LogP contribution in [0.25, 0.3) is 0 Å². The Bertz CT molecular complexity index is 786. The van der Waals surface area contributed by atoms with Crippen LogP contribution in [0.2, 0.25) is 5.02 Å². The van der Waals surface area contributed by atoms with E-state index in [1.807, 2.05) is 19.1 Å². The zero-order chi connectivity index (χ0) is 19.2. The molecule has 0 amide bonds. The Hall–Kier alpha value is -2.28. The molecule has 27 heavy (non-hydrogen) atoms. The van der Waals surface area contributed by atoms with Gasteiger partial charge >= 0.3 is 0 Å². The van der Waals surface area contributed by atoms with Crippen LogP contribution in [0.5, 0.6) is 0 Å². The molecule has 1 saturated heterocycles. The predicted octanol–water partition coefficient (Wildman–Crippen LogP) is 2.38. The van der Waals surface area contributed by atoms with E-state index in [1.54, 1.807) is 13.2 Å². The maximum atomic E-state index is 6.26. The zero-order valence-electron chi connectivity index (χ0n) is 16.2. The van der Waals surface area contributed by atoms with Crippen LogP contribution in [0, 0.1) is 13.8 Å². The minimum absolute atomic E-state index is 0.324. The first kappa shape index (κ1) is 19.5. The van der Waals surface area contributed by atoms with E-state index in [0.717, 1.165) is 56.5 Å². The molecule has 0 aliphatic carbocycles. The second kappa shape index (κ2) is 9.08. The summed E-state index contributed by atoms with van der Waals surface area (Å²) in [5, 5.41) is 12.1. The van der Waals surface area contributed by atoms with Crippen molar-refractivity contribution in [3.05, 3.63) is 40.8 Å². The molecule has 3 heterocycles. The number of halogens is 1. The molecule has 146 valence electrons. The van der Waals surface area contributed by atoms with Crippen LogP contribution >= 0.6 is 11.6 Å². The standard InChI is InChI=1S/C19H28ClN7/c1-14-12-15(2)27(25-14)10-5-9-23-19(21-3)24-16-7-11-26(13-16)18-17(20)6-4-8-22-18/h4,6,8,12,16H,5,7,9-11,13H2,1-3H3,(H2,21,23,24). The van der Waals surface area contributed by atoms with Crippen LogP contribution in [-0.2, 0) is 6.54 Å². The Morgan fingerprint density at radius 1 is 1.41 bits per heavy atom. The summed E-state index contributed by atoms with van der Waals surface area (Å²) in [7, 11) is 1.80. The Kier molecular flexibility index (Phi) is 6.55. The first-order chi connectivity index (χ1) is 13.1. The summed E-state index contributed by atoms with van der Waals surface area (Å²) in [5.74, 6) is 1.69. The van der Waals surface area contributed by atoms with Gasteiger partial charge in [-0.1, -0.05) is 11.6 Å². The number of anilines is 1. The molecule has 8 heteroatoms. The first-order valence-corrected chi connectivity index (χ1v) is 9.78. The van der Waals surface area contributed by atoms with Crippen LogP contribution in [0.3, 0.4) is 0 Å². The van der Waals surface area contributed by atoms with Crippen molar-refractivity contribution in [2.24, 2.45) is 4.99 Å². The smallest absolute Gasteiger partial charge is 0.191 e. The molecular weight excluding hydrogens is 362 g/mol. The number of aliphatic imine (C=N–C) groups is 1. The van der Waals surface area contributed by atoms with E-state index in [0.29, 0.717) is 11.1 Å². The van der Waals surface area contributed by atoms with E-state index < -0.39 is 0 Å². The zero-order valence-corrected chi connectivity index (χ0v) is 17.0. The summed E-state index contributed by atoms with van der Waals surface area (Å²) >= 11 is 6.26. The highest BCUT2D eigenvalue weighted by atomic mass is 35.5. The molecule has 0 radical (unpaired) electrons. The molecular formula is C19H28ClN7. The van der Waals surface area contributed by atoms with Crippen LogP contribution in [0.15, 0.2) is 29.4 Å². The second-order valence-electron chi connectivity index (χ2n) is 6.89. The number of aromatic nitrogens is 3. The Labute approximate surface area is 165 Å². The van der Waals surface area contributed by atoms with Crippen LogP contribution in [0.1, 0.15) is 24.2 Å². The molecule has 0 spiro atoms. The first-order valence-electron chi connectivity index (χ1n) is 9.40. The van der Waals surface area contributed by atoms with Gasteiger partial charge in [-0.25, -0.2) is 4.98 Å². The fourth-order valence-corrected chi connectivity index (χ4v) is 3.65. The molecule has 2 aromatic rings. The van der Waals surface area contributed by atoms with Crippen molar-refractivity contribution in [3.8, 4) is 0 Å². The Morgan fingerprint density at radius 2 is 2.26 bits per heavy atom. The van der Waals surface area contributed by atoms with Gasteiger partial charge in [-0.3, -0.25) is 9.67 Å². The van der Waals surface area contributed by atoms with Gasteiger partial charge in [0.25, 0.3) is 0 Å². The number of hydrogen-bond donors (Lipinski definition) is 2. The highest BCUT2D eigenvalue weighted by Gasteiger charge is 2.25. The monoisotopic (exact) mass is 389 g/mol. The van der Waals surface area contributed by atoms with Gasteiger partial charge in [0.2, 0.25) is 0 Å². The molecule has 2 aromatic heterocycles. The van der Waals surface area contributed by atoms with E-state index in [-0.39, 0.29) is 0 Å². The van der Waals surface area contributed by atoms with Crippen LogP contribution in [-0.4, -0.2) is 53.4 Å². The molecule has 1 aliphatic rings. The number of hydrogen-bond acceptors (Lipinski definition) is 4. The molecule has 1 fully saturated rings. The van der Waals surface area contributed by atoms with Crippen molar-refractivity contribution < 1.29 is 0 Å². The highest BCUT2D eigenvalue weighted by Crippen LogP contribution is 2.25. The summed E-state index contributed by atoms with van der Waals surface area (Å²) in [5.41, 5.74) is 2.27. The molecule has 7 nitrogen and oxygen atoms in total. The lowest BCUT2D eigenvalue weighted by atomic mass is 10.3. The SMILES string of the molecule is CN=C(NCCCn1nc(C)cc1C)NC1CCN(c2ncccc2Cl)C1. The molecule has 0 saturated carbocycles. The van der Waals surface area contributed by atoms with Crippen molar-refractivity contribution in [2.75, 3.05) is 31.6 Å². The highest BCUT2D eigenvalue weighted by molar-refractivity contribution is 6.32. The lowest BCUT2D eigenvalue weighted by molar-refractivity contribution is 0.552. The third-order valence-corrected chi connectivity index (χ3v) is 5.03. The fraction of sp³-hybridized carbons (Fsp3) is 0.526. The largest absolute Gasteiger partial charge is 0.356 e. The third kappa shape index (κ3) is 5.13. The quantitative estimate of drug-likeness (QED) is 0.451. The van der Waals surface area contributed by atoms with E-state index in [9.17, 15) is 0 Å². The van der Waals surface area contributed by atoms with Crippen molar-refractivity contribution in [2.45, 2.75) is 39.3 Å². The summed E-state index contributed by atoms with van der Waals surface area (Å²) < 4.78 is 2.05. The van der Waals surface area contributed by atoms with Crippen LogP contribution < -0.4 is 15.5 Å². The maximum absolute atomic E-state index is 6.26. The van der Waals surface area contributed by atoms with Gasteiger partial charge < -0.3 is 15.5 Å². The molecule has 1 unspecified atom stereocenters. The average molecular weight is 390 g/mol. The van der Waals surface area contributed by atoms with Gasteiger partial charge in [0.1, 0.15) is 5.82 Å².